The molecule has 23 heavy (non-hydrogen) atoms. The molecule has 0 saturated heterocycles. The Balaban J connectivity index is 1.64. The molecule has 3 rings (SSSR count). The number of sulfonamides is 1. The van der Waals surface area contributed by atoms with E-state index < -0.39 is 15.8 Å². The van der Waals surface area contributed by atoms with E-state index in [4.69, 9.17) is 11.6 Å². The van der Waals surface area contributed by atoms with Gasteiger partial charge in [-0.3, -0.25) is 0 Å². The summed E-state index contributed by atoms with van der Waals surface area (Å²) >= 11 is 5.63. The van der Waals surface area contributed by atoms with Crippen LogP contribution in [0.4, 0.5) is 15.9 Å². The third kappa shape index (κ3) is 4.15. The summed E-state index contributed by atoms with van der Waals surface area (Å²) in [6, 6.07) is 6.91. The minimum Gasteiger partial charge on any atom is -0.338 e. The van der Waals surface area contributed by atoms with Gasteiger partial charge in [-0.2, -0.15) is 4.98 Å². The summed E-state index contributed by atoms with van der Waals surface area (Å²) in [7, 11) is -3.20. The molecule has 0 atom stereocenters. The summed E-state index contributed by atoms with van der Waals surface area (Å²) in [4.78, 5) is 7.30. The maximum Gasteiger partial charge on any atom is 0.224 e. The van der Waals surface area contributed by atoms with E-state index in [1.807, 2.05) is 0 Å². The summed E-state index contributed by atoms with van der Waals surface area (Å²) in [5.41, 5.74) is 1.41. The van der Waals surface area contributed by atoms with Crippen molar-refractivity contribution in [2.75, 3.05) is 5.32 Å². The molecule has 1 aliphatic rings. The Labute approximate surface area is 138 Å². The second kappa shape index (κ2) is 6.38. The van der Waals surface area contributed by atoms with E-state index >= 15 is 0 Å². The molecular formula is C14H14ClFN4O2S. The molecule has 0 bridgehead atoms. The van der Waals surface area contributed by atoms with Crippen molar-refractivity contribution in [3.63, 3.8) is 0 Å². The molecule has 0 unspecified atom stereocenters. The van der Waals surface area contributed by atoms with E-state index in [1.165, 1.54) is 0 Å². The van der Waals surface area contributed by atoms with Crippen LogP contribution in [0.15, 0.2) is 30.5 Å². The summed E-state index contributed by atoms with van der Waals surface area (Å²) in [5, 5.41) is 2.49. The normalized spacial score (nSPS) is 14.7. The molecular weight excluding hydrogens is 343 g/mol. The van der Waals surface area contributed by atoms with Crippen LogP contribution in [-0.4, -0.2) is 23.6 Å². The van der Waals surface area contributed by atoms with Crippen LogP contribution in [0.25, 0.3) is 0 Å². The summed E-state index contributed by atoms with van der Waals surface area (Å²) in [6.45, 7) is 0.229. The third-order valence-corrected chi connectivity index (χ3v) is 5.45. The number of benzene rings is 1. The zero-order chi connectivity index (χ0) is 16.4. The molecule has 1 aromatic carbocycles. The molecule has 0 amide bonds. The predicted molar refractivity (Wildman–Crippen MR) is 85.5 cm³/mol. The highest BCUT2D eigenvalue weighted by molar-refractivity contribution is 7.90. The number of rotatable bonds is 6. The minimum absolute atomic E-state index is 0.0211. The van der Waals surface area contributed by atoms with Gasteiger partial charge >= 0.3 is 0 Å². The topological polar surface area (TPSA) is 84.0 Å². The van der Waals surface area contributed by atoms with Crippen molar-refractivity contribution < 1.29 is 12.8 Å². The second-order valence-electron chi connectivity index (χ2n) is 5.22. The smallest absolute Gasteiger partial charge is 0.224 e. The van der Waals surface area contributed by atoms with Crippen LogP contribution < -0.4 is 10.0 Å². The van der Waals surface area contributed by atoms with E-state index in [2.05, 4.69) is 20.0 Å². The number of nitrogens with one attached hydrogen (secondary N) is 2. The van der Waals surface area contributed by atoms with Gasteiger partial charge in [0.15, 0.2) is 11.6 Å². The monoisotopic (exact) mass is 356 g/mol. The predicted octanol–water partition coefficient (Wildman–Crippen LogP) is 2.59. The van der Waals surface area contributed by atoms with Gasteiger partial charge in [-0.05, 0) is 42.1 Å². The molecule has 0 aliphatic heterocycles. The van der Waals surface area contributed by atoms with Crippen molar-refractivity contribution in [3.8, 4) is 0 Å². The van der Waals surface area contributed by atoms with Crippen LogP contribution in [0.5, 0.6) is 0 Å². The van der Waals surface area contributed by atoms with Crippen molar-refractivity contribution in [3.05, 3.63) is 47.1 Å². The van der Waals surface area contributed by atoms with Crippen molar-refractivity contribution in [2.45, 2.75) is 24.6 Å². The average Bonchev–Trinajstić information content (AvgIpc) is 3.36. The Bertz CT molecular complexity index is 810. The van der Waals surface area contributed by atoms with Gasteiger partial charge < -0.3 is 5.32 Å². The minimum atomic E-state index is -3.20. The molecule has 1 heterocycles. The highest BCUT2D eigenvalue weighted by Crippen LogP contribution is 2.27. The molecule has 1 aliphatic carbocycles. The van der Waals surface area contributed by atoms with Crippen LogP contribution in [0.3, 0.4) is 0 Å². The summed E-state index contributed by atoms with van der Waals surface area (Å²) in [5.74, 6) is -0.636. The van der Waals surface area contributed by atoms with Gasteiger partial charge in [-0.1, -0.05) is 12.1 Å². The number of aromatic nitrogens is 2. The first-order valence-corrected chi connectivity index (χ1v) is 8.89. The zero-order valence-corrected chi connectivity index (χ0v) is 13.5. The fourth-order valence-electron chi connectivity index (χ4n) is 1.96. The zero-order valence-electron chi connectivity index (χ0n) is 12.0. The largest absolute Gasteiger partial charge is 0.338 e. The first-order valence-electron chi connectivity index (χ1n) is 6.96. The lowest BCUT2D eigenvalue weighted by molar-refractivity contribution is 0.580. The Hall–Kier alpha value is -1.77. The van der Waals surface area contributed by atoms with E-state index in [9.17, 15) is 12.8 Å². The van der Waals surface area contributed by atoms with Crippen molar-refractivity contribution >= 4 is 33.1 Å². The van der Waals surface area contributed by atoms with Crippen LogP contribution in [0, 0.1) is 5.82 Å². The van der Waals surface area contributed by atoms with E-state index in [0.717, 1.165) is 24.6 Å². The lowest BCUT2D eigenvalue weighted by atomic mass is 10.2. The van der Waals surface area contributed by atoms with Gasteiger partial charge in [0.2, 0.25) is 15.3 Å². The van der Waals surface area contributed by atoms with Gasteiger partial charge in [0.05, 0.1) is 11.4 Å². The van der Waals surface area contributed by atoms with Gasteiger partial charge in [0.25, 0.3) is 0 Å². The molecule has 1 saturated carbocycles. The van der Waals surface area contributed by atoms with Crippen molar-refractivity contribution in [1.29, 1.82) is 0 Å². The Morgan fingerprint density at radius 1 is 1.26 bits per heavy atom. The molecule has 2 aromatic rings. The van der Waals surface area contributed by atoms with Crippen molar-refractivity contribution in [1.82, 2.24) is 14.7 Å². The first kappa shape index (κ1) is 16.1. The van der Waals surface area contributed by atoms with E-state index in [1.54, 1.807) is 24.3 Å². The second-order valence-corrected chi connectivity index (χ2v) is 7.61. The Morgan fingerprint density at radius 2 is 1.96 bits per heavy atom. The van der Waals surface area contributed by atoms with Crippen LogP contribution in [0.2, 0.25) is 5.28 Å². The molecule has 1 fully saturated rings. The highest BCUT2D eigenvalue weighted by Gasteiger charge is 2.35. The molecule has 1 aromatic heterocycles. The van der Waals surface area contributed by atoms with Gasteiger partial charge in [-0.25, -0.2) is 22.5 Å². The number of anilines is 2. The molecule has 122 valence electrons. The average molecular weight is 357 g/mol. The Kier molecular flexibility index (Phi) is 4.47. The maximum absolute atomic E-state index is 13.5. The quantitative estimate of drug-likeness (QED) is 0.777. The molecule has 0 spiro atoms. The lowest BCUT2D eigenvalue weighted by Crippen LogP contribution is -2.26. The summed E-state index contributed by atoms with van der Waals surface area (Å²) < 4.78 is 39.6. The van der Waals surface area contributed by atoms with Crippen LogP contribution in [0.1, 0.15) is 18.4 Å². The first-order chi connectivity index (χ1) is 10.9. The third-order valence-electron chi connectivity index (χ3n) is 3.37. The number of hydrogen-bond acceptors (Lipinski definition) is 5. The van der Waals surface area contributed by atoms with E-state index in [-0.39, 0.29) is 22.9 Å². The molecule has 9 heteroatoms. The SMILES string of the molecule is O=S(=O)(NCc1ccc(Nc2nc(Cl)ncc2F)cc1)C1CC1. The van der Waals surface area contributed by atoms with Crippen LogP contribution >= 0.6 is 11.6 Å². The number of halogens is 2. The number of hydrogen-bond donors (Lipinski definition) is 2. The lowest BCUT2D eigenvalue weighted by Gasteiger charge is -2.09. The van der Waals surface area contributed by atoms with Gasteiger partial charge in [0.1, 0.15) is 0 Å². The number of nitrogens with zero attached hydrogens (tertiary/aromatic N) is 2. The fourth-order valence-corrected chi connectivity index (χ4v) is 3.45. The highest BCUT2D eigenvalue weighted by atomic mass is 35.5. The van der Waals surface area contributed by atoms with E-state index in [0.29, 0.717) is 5.69 Å². The summed E-state index contributed by atoms with van der Waals surface area (Å²) in [6.07, 6.45) is 2.44. The fraction of sp³-hybridized carbons (Fsp3) is 0.286. The molecule has 2 N–H and O–H groups in total. The molecule has 6 nitrogen and oxygen atoms in total. The van der Waals surface area contributed by atoms with Crippen LogP contribution in [-0.2, 0) is 16.6 Å². The van der Waals surface area contributed by atoms with Gasteiger partial charge in [0, 0.05) is 12.2 Å². The Morgan fingerprint density at radius 3 is 2.61 bits per heavy atom. The van der Waals surface area contributed by atoms with Crippen molar-refractivity contribution in [2.24, 2.45) is 0 Å². The maximum atomic E-state index is 13.5. The standard InChI is InChI=1S/C14H14ClFN4O2S/c15-14-17-8-12(16)13(20-14)19-10-3-1-9(2-4-10)7-18-23(21,22)11-5-6-11/h1-4,8,11,18H,5-7H2,(H,17,19,20). The molecule has 0 radical (unpaired) electrons. The van der Waals surface area contributed by atoms with Gasteiger partial charge in [-0.15, -0.1) is 0 Å².